The van der Waals surface area contributed by atoms with Gasteiger partial charge in [0.05, 0.1) is 72.0 Å². The Kier molecular flexibility index (Phi) is 19.8. The van der Waals surface area contributed by atoms with E-state index >= 15 is 0 Å². The van der Waals surface area contributed by atoms with Crippen molar-refractivity contribution in [3.05, 3.63) is 289 Å². The maximum absolute atomic E-state index is 4.82. The van der Waals surface area contributed by atoms with Gasteiger partial charge in [-0.15, -0.1) is 37.5 Å². The van der Waals surface area contributed by atoms with Crippen molar-refractivity contribution in [2.75, 3.05) is 0 Å². The third-order valence-corrected chi connectivity index (χ3v) is 16.9. The van der Waals surface area contributed by atoms with E-state index in [1.165, 1.54) is 100 Å². The van der Waals surface area contributed by atoms with Gasteiger partial charge in [0.2, 0.25) is 18.6 Å². The predicted octanol–water partition coefficient (Wildman–Crippen LogP) is 15.5. The summed E-state index contributed by atoms with van der Waals surface area (Å²) in [7, 11) is 8.22. The molecular weight excluding hydrogens is 1120 g/mol. The van der Waals surface area contributed by atoms with E-state index in [1.807, 2.05) is 105 Å². The Morgan fingerprint density at radius 1 is 0.341 bits per heavy atom. The van der Waals surface area contributed by atoms with Crippen molar-refractivity contribution in [2.24, 2.45) is 28.2 Å². The van der Waals surface area contributed by atoms with Crippen molar-refractivity contribution in [3.8, 4) is 78.5 Å². The minimum absolute atomic E-state index is 0.488. The molecule has 0 unspecified atom stereocenters. The van der Waals surface area contributed by atoms with Crippen molar-refractivity contribution in [3.63, 3.8) is 0 Å². The average Bonchev–Trinajstić information content (AvgIpc) is 1.82. The Balaban J connectivity index is 0.000000134. The number of aryl methyl sites for hydroxylation is 11. The van der Waals surface area contributed by atoms with Crippen molar-refractivity contribution in [2.45, 2.75) is 88.0 Å². The largest absolute Gasteiger partial charge is 0.262 e. The molecule has 8 aromatic heterocycles. The minimum atomic E-state index is 0.488. The van der Waals surface area contributed by atoms with Crippen LogP contribution in [0.2, 0.25) is 0 Å². The van der Waals surface area contributed by atoms with Gasteiger partial charge >= 0.3 is 0 Å². The summed E-state index contributed by atoms with van der Waals surface area (Å²) in [5.74, 6) is 0.977. The average molecular weight is 1200 g/mol. The highest BCUT2D eigenvalue weighted by molar-refractivity contribution is 5.84. The Bertz CT molecular complexity index is 4570. The molecule has 0 atom stereocenters. The van der Waals surface area contributed by atoms with Gasteiger partial charge in [-0.25, -0.2) is 0 Å². The van der Waals surface area contributed by atoms with Crippen molar-refractivity contribution in [1.29, 1.82) is 0 Å². The third-order valence-electron chi connectivity index (χ3n) is 16.9. The van der Waals surface area contributed by atoms with Crippen molar-refractivity contribution >= 4 is 0 Å². The quantitative estimate of drug-likeness (QED) is 0.121. The van der Waals surface area contributed by atoms with Crippen LogP contribution in [-0.2, 0) is 28.2 Å². The lowest BCUT2D eigenvalue weighted by Gasteiger charge is -2.17. The zero-order valence-electron chi connectivity index (χ0n) is 55.5. The highest BCUT2D eigenvalue weighted by atomic mass is 15.4. The Morgan fingerprint density at radius 2 is 0.758 bits per heavy atom. The summed E-state index contributed by atoms with van der Waals surface area (Å²) in [6, 6.07) is 50.8. The Labute approximate surface area is 537 Å². The molecule has 0 saturated carbocycles. The number of nitrogens with zero attached hydrogens (tertiary/aromatic N) is 12. The molecule has 0 spiro atoms. The molecule has 0 amide bonds. The number of pyridine rings is 4. The van der Waals surface area contributed by atoms with Crippen LogP contribution >= 0.6 is 0 Å². The molecule has 13 rings (SSSR count). The molecule has 0 aliphatic rings. The third kappa shape index (κ3) is 14.2. The molecule has 458 valence electrons. The van der Waals surface area contributed by atoms with Gasteiger partial charge in [0.25, 0.3) is 0 Å². The van der Waals surface area contributed by atoms with Gasteiger partial charge in [-0.3, -0.25) is 19.9 Å². The lowest BCUT2D eigenvalue weighted by Crippen LogP contribution is -2.37. The maximum atomic E-state index is 4.82. The van der Waals surface area contributed by atoms with E-state index in [-0.39, 0.29) is 0 Å². The number of benzene rings is 5. The van der Waals surface area contributed by atoms with E-state index < -0.39 is 0 Å². The predicted molar refractivity (Wildman–Crippen MR) is 367 cm³/mol. The van der Waals surface area contributed by atoms with Crippen LogP contribution in [0.3, 0.4) is 0 Å². The molecule has 0 saturated heterocycles. The van der Waals surface area contributed by atoms with Crippen LogP contribution in [0.5, 0.6) is 0 Å². The van der Waals surface area contributed by atoms with Gasteiger partial charge in [0, 0.05) is 30.2 Å². The van der Waals surface area contributed by atoms with E-state index in [0.717, 1.165) is 28.4 Å². The molecule has 0 N–H and O–H groups in total. The molecule has 12 heteroatoms. The van der Waals surface area contributed by atoms with Gasteiger partial charge in [-0.2, -0.15) is 0 Å². The summed E-state index contributed by atoms with van der Waals surface area (Å²) >= 11 is 0. The highest BCUT2D eigenvalue weighted by Gasteiger charge is 2.23. The van der Waals surface area contributed by atoms with Gasteiger partial charge in [-0.05, 0) is 162 Å². The fourth-order valence-corrected chi connectivity index (χ4v) is 12.0. The molecule has 8 heterocycles. The lowest BCUT2D eigenvalue weighted by molar-refractivity contribution is -0.744. The number of rotatable bonds is 11. The first-order valence-corrected chi connectivity index (χ1v) is 31.3. The molecule has 0 aliphatic carbocycles. The van der Waals surface area contributed by atoms with Gasteiger partial charge in [0.1, 0.15) is 22.7 Å². The SMILES string of the molecule is Cc1cc(-c2c(C)cccc2-c2ccccc2)ncc1-n1ccc[n+]1C.Cc1ccncc1-n1cc(-c2c(C(C)C)cccc2C(C)C)c[n+]1C.Cc1ccncc1-n1cc(-c2c(C)cccc2C)c[n+]1C.Cc1ccncc1-n1cc(-c2ccccc2)c[n+]1C. The first kappa shape index (κ1) is 63.6. The van der Waals surface area contributed by atoms with Crippen LogP contribution in [-0.4, -0.2) is 38.7 Å². The first-order chi connectivity index (χ1) is 43.9. The number of aromatic nitrogens is 12. The van der Waals surface area contributed by atoms with Crippen LogP contribution < -0.4 is 18.7 Å². The molecule has 0 bridgehead atoms. The zero-order chi connectivity index (χ0) is 64.5. The highest BCUT2D eigenvalue weighted by Crippen LogP contribution is 2.37. The fourth-order valence-electron chi connectivity index (χ4n) is 12.0. The van der Waals surface area contributed by atoms with Crippen LogP contribution in [0.25, 0.3) is 78.5 Å². The van der Waals surface area contributed by atoms with Gasteiger partial charge in [0.15, 0.2) is 34.4 Å². The van der Waals surface area contributed by atoms with E-state index in [0.29, 0.717) is 11.8 Å². The van der Waals surface area contributed by atoms with Crippen molar-refractivity contribution in [1.82, 2.24) is 38.7 Å². The smallest absolute Gasteiger partial charge is 0.203 e. The topological polar surface area (TPSA) is 86.8 Å². The maximum Gasteiger partial charge on any atom is 0.203 e. The van der Waals surface area contributed by atoms with Crippen LogP contribution in [0, 0.1) is 48.5 Å². The Morgan fingerprint density at radius 3 is 1.21 bits per heavy atom. The zero-order valence-corrected chi connectivity index (χ0v) is 55.5. The van der Waals surface area contributed by atoms with E-state index in [2.05, 4.69) is 290 Å². The van der Waals surface area contributed by atoms with Crippen molar-refractivity contribution < 1.29 is 18.7 Å². The molecule has 91 heavy (non-hydrogen) atoms. The lowest BCUT2D eigenvalue weighted by atomic mass is 9.86. The molecule has 12 nitrogen and oxygen atoms in total. The fraction of sp³-hybridized carbons (Fsp3) is 0.215. The Hall–Kier alpha value is -10.5. The molecule has 13 aromatic rings. The molecule has 5 aromatic carbocycles. The first-order valence-electron chi connectivity index (χ1n) is 31.3. The van der Waals surface area contributed by atoms with Gasteiger partial charge < -0.3 is 0 Å². The normalized spacial score (nSPS) is 11.0. The number of hydrogen-bond donors (Lipinski definition) is 0. The van der Waals surface area contributed by atoms with E-state index in [9.17, 15) is 0 Å². The standard InChI is InChI=1S/C23H22N3.C22H28N3.C18H20N3.C16H16N3/c1-17-9-7-12-20(19-10-5-4-6-11-19)23(17)21-15-18(2)22(16-24-21)26-14-8-13-25(26)3;1-15(2)19-8-7-9-20(16(3)4)22(19)18-13-24(6)25(14-18)21-12-23-11-10-17(21)5;1-13-8-9-19-10-17(13)21-12-16(11-20(21)4)18-14(2)6-5-7-15(18)3;1-13-8-9-17-10-16(13)19-12-15(11-18(19)2)14-6-4-3-5-7-14/h4-16H,1-3H3;7-16H,1-6H3;5-12H,1-4H3;3-12H,1-2H3/q4*+1. The minimum Gasteiger partial charge on any atom is -0.262 e. The number of hydrogen-bond acceptors (Lipinski definition) is 4. The molecule has 0 aliphatic heterocycles. The van der Waals surface area contributed by atoms with Crippen LogP contribution in [0.15, 0.2) is 239 Å². The summed E-state index contributed by atoms with van der Waals surface area (Å²) in [6.07, 6.45) is 30.3. The molecule has 0 radical (unpaired) electrons. The summed E-state index contributed by atoms with van der Waals surface area (Å²) in [5.41, 5.74) is 28.2. The summed E-state index contributed by atoms with van der Waals surface area (Å²) in [4.78, 5) is 17.6. The van der Waals surface area contributed by atoms with Crippen LogP contribution in [0.4, 0.5) is 0 Å². The second-order valence-electron chi connectivity index (χ2n) is 24.3. The molecule has 0 fully saturated rings. The molecular formula is C79H86N12+4. The second kappa shape index (κ2) is 28.4. The monoisotopic (exact) mass is 1200 g/mol. The summed E-state index contributed by atoms with van der Waals surface area (Å²) in [6.45, 7) is 24.0. The van der Waals surface area contributed by atoms with Gasteiger partial charge in [-0.1, -0.05) is 143 Å². The van der Waals surface area contributed by atoms with Crippen LogP contribution in [0.1, 0.15) is 89.6 Å². The van der Waals surface area contributed by atoms with E-state index in [4.69, 9.17) is 4.98 Å². The van der Waals surface area contributed by atoms with E-state index in [1.54, 1.807) is 0 Å². The summed E-state index contributed by atoms with van der Waals surface area (Å²) < 4.78 is 16.9. The second-order valence-corrected chi connectivity index (χ2v) is 24.3. The summed E-state index contributed by atoms with van der Waals surface area (Å²) in [5, 5.41) is 0.